The van der Waals surface area contributed by atoms with Crippen LogP contribution in [0.1, 0.15) is 47.6 Å². The molecule has 4 N–H and O–H groups in total. The van der Waals surface area contributed by atoms with E-state index in [1.165, 1.54) is 10.9 Å². The SMILES string of the molecule is Cc1n[nH]c(C)c1-c1ccc(NC(=O)[C@](O)(NC(=O)c2ccnn2C)C(C2CC2)C2CC2)nn1. The molecule has 2 saturated carbocycles. The molecule has 2 fully saturated rings. The van der Waals surface area contributed by atoms with Crippen molar-refractivity contribution in [1.29, 1.82) is 0 Å². The Balaban J connectivity index is 1.40. The van der Waals surface area contributed by atoms with Gasteiger partial charge in [-0.3, -0.25) is 19.4 Å². The summed E-state index contributed by atoms with van der Waals surface area (Å²) >= 11 is 0. The molecule has 178 valence electrons. The third kappa shape index (κ3) is 4.07. The van der Waals surface area contributed by atoms with Crippen molar-refractivity contribution in [3.8, 4) is 11.3 Å². The summed E-state index contributed by atoms with van der Waals surface area (Å²) in [6.45, 7) is 3.77. The number of carbonyl (C=O) groups is 2. The molecule has 0 spiro atoms. The smallest absolute Gasteiger partial charge is 0.279 e. The number of hydrogen-bond donors (Lipinski definition) is 4. The van der Waals surface area contributed by atoms with Crippen LogP contribution in [-0.4, -0.2) is 52.8 Å². The molecule has 3 heterocycles. The number of rotatable bonds is 8. The Morgan fingerprint density at radius 2 is 1.85 bits per heavy atom. The number of nitrogens with zero attached hydrogens (tertiary/aromatic N) is 5. The van der Waals surface area contributed by atoms with E-state index < -0.39 is 17.5 Å². The van der Waals surface area contributed by atoms with E-state index in [0.29, 0.717) is 5.69 Å². The lowest BCUT2D eigenvalue weighted by Gasteiger charge is -2.35. The van der Waals surface area contributed by atoms with Crippen molar-refractivity contribution in [2.75, 3.05) is 5.32 Å². The van der Waals surface area contributed by atoms with Gasteiger partial charge in [0, 0.05) is 30.4 Å². The molecule has 34 heavy (non-hydrogen) atoms. The van der Waals surface area contributed by atoms with Crippen molar-refractivity contribution in [1.82, 2.24) is 35.5 Å². The first-order valence-electron chi connectivity index (χ1n) is 11.5. The Kier molecular flexibility index (Phi) is 5.43. The highest BCUT2D eigenvalue weighted by Crippen LogP contribution is 2.53. The van der Waals surface area contributed by atoms with Crippen LogP contribution in [0.4, 0.5) is 5.82 Å². The normalized spacial score (nSPS) is 17.4. The van der Waals surface area contributed by atoms with Gasteiger partial charge in [0.25, 0.3) is 11.8 Å². The molecule has 3 aromatic heterocycles. The van der Waals surface area contributed by atoms with Gasteiger partial charge in [0.2, 0.25) is 5.72 Å². The Bertz CT molecular complexity index is 1190. The van der Waals surface area contributed by atoms with Crippen LogP contribution in [0, 0.1) is 31.6 Å². The Morgan fingerprint density at radius 3 is 2.35 bits per heavy atom. The van der Waals surface area contributed by atoms with Crippen molar-refractivity contribution >= 4 is 17.6 Å². The predicted octanol–water partition coefficient (Wildman–Crippen LogP) is 1.71. The summed E-state index contributed by atoms with van der Waals surface area (Å²) in [6, 6.07) is 4.90. The third-order valence-electron chi connectivity index (χ3n) is 6.74. The van der Waals surface area contributed by atoms with Crippen LogP contribution >= 0.6 is 0 Å². The van der Waals surface area contributed by atoms with E-state index in [0.717, 1.165) is 42.6 Å². The van der Waals surface area contributed by atoms with Gasteiger partial charge in [-0.05, 0) is 69.6 Å². The van der Waals surface area contributed by atoms with E-state index in [2.05, 4.69) is 36.1 Å². The molecular formula is C23H28N8O3. The highest BCUT2D eigenvalue weighted by molar-refractivity contribution is 6.02. The summed E-state index contributed by atoms with van der Waals surface area (Å²) in [4.78, 5) is 26.5. The van der Waals surface area contributed by atoms with Crippen LogP contribution in [0.5, 0.6) is 0 Å². The maximum Gasteiger partial charge on any atom is 0.279 e. The molecule has 0 bridgehead atoms. The van der Waals surface area contributed by atoms with Gasteiger partial charge in [0.05, 0.1) is 11.4 Å². The van der Waals surface area contributed by atoms with Gasteiger partial charge in [-0.1, -0.05) is 0 Å². The molecule has 2 amide bonds. The number of aromatic nitrogens is 6. The van der Waals surface area contributed by atoms with Crippen LogP contribution in [0.2, 0.25) is 0 Å². The molecule has 5 rings (SSSR count). The lowest BCUT2D eigenvalue weighted by atomic mass is 9.85. The minimum atomic E-state index is -2.08. The van der Waals surface area contributed by atoms with Gasteiger partial charge in [0.1, 0.15) is 5.69 Å². The van der Waals surface area contributed by atoms with Crippen molar-refractivity contribution in [2.45, 2.75) is 45.3 Å². The first-order valence-corrected chi connectivity index (χ1v) is 11.5. The van der Waals surface area contributed by atoms with Gasteiger partial charge in [0.15, 0.2) is 5.82 Å². The maximum atomic E-state index is 13.5. The molecule has 0 aromatic carbocycles. The number of anilines is 1. The lowest BCUT2D eigenvalue weighted by molar-refractivity contribution is -0.146. The van der Waals surface area contributed by atoms with Gasteiger partial charge >= 0.3 is 0 Å². The maximum absolute atomic E-state index is 13.5. The molecule has 11 nitrogen and oxygen atoms in total. The highest BCUT2D eigenvalue weighted by atomic mass is 16.3. The van der Waals surface area contributed by atoms with Crippen LogP contribution in [0.3, 0.4) is 0 Å². The Hall–Kier alpha value is -3.60. The van der Waals surface area contributed by atoms with Crippen LogP contribution in [0.15, 0.2) is 24.4 Å². The van der Waals surface area contributed by atoms with E-state index in [9.17, 15) is 14.7 Å². The summed E-state index contributed by atoms with van der Waals surface area (Å²) in [6.07, 6.45) is 5.20. The topological polar surface area (TPSA) is 151 Å². The Labute approximate surface area is 196 Å². The number of H-pyrrole nitrogens is 1. The zero-order chi connectivity index (χ0) is 24.0. The molecule has 0 aliphatic heterocycles. The number of amides is 2. The molecule has 11 heteroatoms. The van der Waals surface area contributed by atoms with E-state index in [4.69, 9.17) is 0 Å². The summed E-state index contributed by atoms with van der Waals surface area (Å²) in [7, 11) is 1.63. The first-order chi connectivity index (χ1) is 16.3. The van der Waals surface area contributed by atoms with Crippen LogP contribution < -0.4 is 10.6 Å². The average molecular weight is 465 g/mol. The molecular weight excluding hydrogens is 436 g/mol. The molecule has 1 atom stereocenters. The van der Waals surface area contributed by atoms with Crippen molar-refractivity contribution in [3.63, 3.8) is 0 Å². The minimum absolute atomic E-state index is 0.186. The summed E-state index contributed by atoms with van der Waals surface area (Å²) < 4.78 is 1.40. The highest BCUT2D eigenvalue weighted by Gasteiger charge is 2.57. The van der Waals surface area contributed by atoms with Crippen molar-refractivity contribution in [2.24, 2.45) is 24.8 Å². The summed E-state index contributed by atoms with van der Waals surface area (Å²) in [5.41, 5.74) is 1.32. The van der Waals surface area contributed by atoms with Gasteiger partial charge in [-0.15, -0.1) is 10.2 Å². The predicted molar refractivity (Wildman–Crippen MR) is 122 cm³/mol. The standard InChI is InChI=1S/C23H28N8O3/c1-12-19(13(2)28-27-12)16-8-9-18(30-29-16)25-22(33)23(34,20(14-4-5-14)15-6-7-15)26-21(32)17-10-11-24-31(17)3/h8-11,14-15,20,34H,4-7H2,1-3H3,(H,26,32)(H,27,28)(H,25,30,33)/t23-/m0/s1. The monoisotopic (exact) mass is 464 g/mol. The molecule has 0 unspecified atom stereocenters. The second-order valence-corrected chi connectivity index (χ2v) is 9.33. The van der Waals surface area contributed by atoms with Crippen molar-refractivity contribution in [3.05, 3.63) is 41.5 Å². The van der Waals surface area contributed by atoms with E-state index in [1.54, 1.807) is 25.2 Å². The second kappa shape index (κ2) is 8.32. The zero-order valence-corrected chi connectivity index (χ0v) is 19.4. The summed E-state index contributed by atoms with van der Waals surface area (Å²) in [5, 5.41) is 36.5. The minimum Gasteiger partial charge on any atom is -0.363 e. The lowest BCUT2D eigenvalue weighted by Crippen LogP contribution is -2.63. The van der Waals surface area contributed by atoms with Gasteiger partial charge in [-0.2, -0.15) is 10.2 Å². The first kappa shape index (κ1) is 22.2. The zero-order valence-electron chi connectivity index (χ0n) is 19.4. The van der Waals surface area contributed by atoms with Crippen LogP contribution in [-0.2, 0) is 11.8 Å². The van der Waals surface area contributed by atoms with E-state index >= 15 is 0 Å². The molecule has 0 saturated heterocycles. The van der Waals surface area contributed by atoms with Gasteiger partial charge < -0.3 is 15.7 Å². The number of nitrogens with one attached hydrogen (secondary N) is 3. The largest absolute Gasteiger partial charge is 0.363 e. The fourth-order valence-electron chi connectivity index (χ4n) is 4.78. The average Bonchev–Trinajstić information content (AvgIpc) is 3.73. The van der Waals surface area contributed by atoms with Gasteiger partial charge in [-0.25, -0.2) is 0 Å². The fourth-order valence-corrected chi connectivity index (χ4v) is 4.78. The second-order valence-electron chi connectivity index (χ2n) is 9.33. The summed E-state index contributed by atoms with van der Waals surface area (Å²) in [5.74, 6) is -1.08. The van der Waals surface area contributed by atoms with Crippen molar-refractivity contribution < 1.29 is 14.7 Å². The molecule has 0 radical (unpaired) electrons. The Morgan fingerprint density at radius 1 is 1.15 bits per heavy atom. The molecule has 2 aliphatic carbocycles. The number of aliphatic hydroxyl groups is 1. The molecule has 2 aliphatic rings. The number of aryl methyl sites for hydroxylation is 3. The quantitative estimate of drug-likeness (QED) is 0.371. The fraction of sp³-hybridized carbons (Fsp3) is 0.478. The van der Waals surface area contributed by atoms with E-state index in [-0.39, 0.29) is 29.3 Å². The van der Waals surface area contributed by atoms with E-state index in [1.807, 2.05) is 13.8 Å². The number of aromatic amines is 1. The number of carbonyl (C=O) groups excluding carboxylic acids is 2. The number of hydrogen-bond acceptors (Lipinski definition) is 7. The van der Waals surface area contributed by atoms with Crippen LogP contribution in [0.25, 0.3) is 11.3 Å². The molecule has 3 aromatic rings. The third-order valence-corrected chi connectivity index (χ3v) is 6.74.